The summed E-state index contributed by atoms with van der Waals surface area (Å²) in [5, 5.41) is 24.5. The minimum Gasteiger partial charge on any atom is -0.480 e. The molecule has 1 aliphatic rings. The number of rotatable bonds is 9. The van der Waals surface area contributed by atoms with Crippen molar-refractivity contribution >= 4 is 52.0 Å². The lowest BCUT2D eigenvalue weighted by atomic mass is 9.90. The van der Waals surface area contributed by atoms with Crippen LogP contribution in [0.2, 0.25) is 5.02 Å². The van der Waals surface area contributed by atoms with Crippen molar-refractivity contribution in [2.24, 2.45) is 0 Å². The van der Waals surface area contributed by atoms with Gasteiger partial charge in [-0.1, -0.05) is 11.6 Å². The molecule has 1 aromatic carbocycles. The maximum Gasteiger partial charge on any atom is 0.317 e. The average molecular weight is 504 g/mol. The Hall–Kier alpha value is -3.64. The molecule has 0 spiro atoms. The molecule has 4 rings (SSSR count). The summed E-state index contributed by atoms with van der Waals surface area (Å²) in [6.07, 6.45) is 5.63. The standard InChI is InChI=1S/C22H23ClFN7O4/c23-15-7-13(3-6-16(15)24)28-21-20-17(26-11-27-21)8-25-22(30-20)29-12-1-4-14(5-2-12)31(9-18(32)33)10-19(34)35/h3,6-8,11-12,14H,1-2,4-5,9-10H2,(H,32,33)(H,34,35)(H,25,29,30)(H,26,27,28). The number of hydrogen-bond acceptors (Lipinski definition) is 9. The lowest BCUT2D eigenvalue weighted by Crippen LogP contribution is -2.45. The van der Waals surface area contributed by atoms with Gasteiger partial charge in [-0.25, -0.2) is 24.3 Å². The number of aromatic nitrogens is 4. The van der Waals surface area contributed by atoms with E-state index >= 15 is 0 Å². The fourth-order valence-electron chi connectivity index (χ4n) is 4.16. The molecule has 0 saturated heterocycles. The zero-order chi connectivity index (χ0) is 24.9. The van der Waals surface area contributed by atoms with Crippen molar-refractivity contribution in [1.82, 2.24) is 24.8 Å². The number of carbonyl (C=O) groups is 2. The third-order valence-electron chi connectivity index (χ3n) is 5.78. The monoisotopic (exact) mass is 503 g/mol. The Balaban J connectivity index is 1.44. The highest BCUT2D eigenvalue weighted by atomic mass is 35.5. The van der Waals surface area contributed by atoms with Gasteiger partial charge in [0.2, 0.25) is 5.95 Å². The molecule has 4 N–H and O–H groups in total. The first kappa shape index (κ1) is 24.5. The molecule has 35 heavy (non-hydrogen) atoms. The fourth-order valence-corrected chi connectivity index (χ4v) is 4.34. The van der Waals surface area contributed by atoms with E-state index in [1.807, 2.05) is 0 Å². The molecule has 2 heterocycles. The van der Waals surface area contributed by atoms with Gasteiger partial charge in [-0.2, -0.15) is 0 Å². The zero-order valence-electron chi connectivity index (χ0n) is 18.5. The van der Waals surface area contributed by atoms with E-state index in [1.54, 1.807) is 6.20 Å². The highest BCUT2D eigenvalue weighted by Crippen LogP contribution is 2.27. The van der Waals surface area contributed by atoms with Gasteiger partial charge in [0.1, 0.15) is 23.2 Å². The van der Waals surface area contributed by atoms with Crippen LogP contribution in [0.1, 0.15) is 25.7 Å². The topological polar surface area (TPSA) is 153 Å². The van der Waals surface area contributed by atoms with Crippen LogP contribution in [-0.4, -0.2) is 72.2 Å². The second-order valence-corrected chi connectivity index (χ2v) is 8.65. The van der Waals surface area contributed by atoms with Gasteiger partial charge in [0, 0.05) is 17.8 Å². The number of anilines is 3. The second kappa shape index (κ2) is 10.7. The van der Waals surface area contributed by atoms with Gasteiger partial charge in [0.05, 0.1) is 24.3 Å². The van der Waals surface area contributed by atoms with Gasteiger partial charge in [0.15, 0.2) is 5.82 Å². The molecule has 1 fully saturated rings. The molecule has 0 atom stereocenters. The Morgan fingerprint density at radius 3 is 2.46 bits per heavy atom. The minimum atomic E-state index is -1.05. The smallest absolute Gasteiger partial charge is 0.317 e. The van der Waals surface area contributed by atoms with E-state index in [-0.39, 0.29) is 30.2 Å². The molecule has 1 aliphatic carbocycles. The number of nitrogens with zero attached hydrogens (tertiary/aromatic N) is 5. The summed E-state index contributed by atoms with van der Waals surface area (Å²) in [5.74, 6) is -1.84. The summed E-state index contributed by atoms with van der Waals surface area (Å²) >= 11 is 5.87. The van der Waals surface area contributed by atoms with Crippen molar-refractivity contribution < 1.29 is 24.2 Å². The van der Waals surface area contributed by atoms with Crippen LogP contribution in [0.4, 0.5) is 21.8 Å². The molecule has 11 nitrogen and oxygen atoms in total. The SMILES string of the molecule is O=C(O)CN(CC(=O)O)C1CCC(Nc2ncc3ncnc(Nc4ccc(F)c(Cl)c4)c3n2)CC1. The van der Waals surface area contributed by atoms with E-state index in [9.17, 15) is 14.0 Å². The average Bonchev–Trinajstić information content (AvgIpc) is 2.81. The van der Waals surface area contributed by atoms with E-state index in [2.05, 4.69) is 30.6 Å². The van der Waals surface area contributed by atoms with E-state index < -0.39 is 17.8 Å². The molecule has 0 radical (unpaired) electrons. The summed E-state index contributed by atoms with van der Waals surface area (Å²) in [6.45, 7) is -0.615. The Morgan fingerprint density at radius 2 is 1.80 bits per heavy atom. The molecule has 1 saturated carbocycles. The summed E-state index contributed by atoms with van der Waals surface area (Å²) < 4.78 is 13.5. The lowest BCUT2D eigenvalue weighted by molar-refractivity contribution is -0.143. The number of benzene rings is 1. The normalized spacial score (nSPS) is 17.9. The summed E-state index contributed by atoms with van der Waals surface area (Å²) in [6, 6.07) is 4.15. The molecule has 0 unspecified atom stereocenters. The molecule has 13 heteroatoms. The van der Waals surface area contributed by atoms with Crippen LogP contribution < -0.4 is 10.6 Å². The Bertz CT molecular complexity index is 1220. The van der Waals surface area contributed by atoms with Crippen LogP contribution in [0.3, 0.4) is 0 Å². The quantitative estimate of drug-likeness (QED) is 0.340. The van der Waals surface area contributed by atoms with E-state index in [0.29, 0.717) is 54.2 Å². The number of carboxylic acids is 2. The first-order valence-electron chi connectivity index (χ1n) is 10.9. The predicted octanol–water partition coefficient (Wildman–Crippen LogP) is 3.15. The molecular formula is C22H23ClFN7O4. The Labute approximate surface area is 204 Å². The molecule has 2 aromatic heterocycles. The molecule has 0 aliphatic heterocycles. The second-order valence-electron chi connectivity index (χ2n) is 8.25. The van der Waals surface area contributed by atoms with E-state index in [4.69, 9.17) is 21.8 Å². The molecule has 0 bridgehead atoms. The van der Waals surface area contributed by atoms with Crippen molar-refractivity contribution in [2.75, 3.05) is 23.7 Å². The fraction of sp³-hybridized carbons (Fsp3) is 0.364. The minimum absolute atomic E-state index is 0.0220. The predicted molar refractivity (Wildman–Crippen MR) is 126 cm³/mol. The van der Waals surface area contributed by atoms with Crippen molar-refractivity contribution in [3.63, 3.8) is 0 Å². The highest BCUT2D eigenvalue weighted by molar-refractivity contribution is 6.31. The number of halogens is 2. The van der Waals surface area contributed by atoms with Crippen molar-refractivity contribution in [1.29, 1.82) is 0 Å². The first-order valence-corrected chi connectivity index (χ1v) is 11.3. The molecule has 3 aromatic rings. The Kier molecular flexibility index (Phi) is 7.51. The molecular weight excluding hydrogens is 481 g/mol. The van der Waals surface area contributed by atoms with Crippen LogP contribution in [0.5, 0.6) is 0 Å². The summed E-state index contributed by atoms with van der Waals surface area (Å²) in [4.78, 5) is 41.0. The van der Waals surface area contributed by atoms with Crippen molar-refractivity contribution in [3.05, 3.63) is 41.6 Å². The maximum absolute atomic E-state index is 13.5. The number of carboxylic acid groups (broad SMARTS) is 2. The van der Waals surface area contributed by atoms with Crippen LogP contribution in [0.15, 0.2) is 30.7 Å². The van der Waals surface area contributed by atoms with Gasteiger partial charge in [0.25, 0.3) is 0 Å². The molecule has 184 valence electrons. The first-order chi connectivity index (χ1) is 16.8. The van der Waals surface area contributed by atoms with Gasteiger partial charge in [-0.15, -0.1) is 0 Å². The van der Waals surface area contributed by atoms with Crippen LogP contribution in [0.25, 0.3) is 11.0 Å². The van der Waals surface area contributed by atoms with Gasteiger partial charge >= 0.3 is 11.9 Å². The molecule has 0 amide bonds. The largest absolute Gasteiger partial charge is 0.480 e. The zero-order valence-corrected chi connectivity index (χ0v) is 19.2. The van der Waals surface area contributed by atoms with Gasteiger partial charge in [-0.05, 0) is 43.9 Å². The van der Waals surface area contributed by atoms with Crippen molar-refractivity contribution in [3.8, 4) is 0 Å². The Morgan fingerprint density at radius 1 is 1.09 bits per heavy atom. The van der Waals surface area contributed by atoms with Gasteiger partial charge < -0.3 is 20.8 Å². The maximum atomic E-state index is 13.5. The van der Waals surface area contributed by atoms with Crippen LogP contribution >= 0.6 is 11.6 Å². The number of nitrogens with one attached hydrogen (secondary N) is 2. The van der Waals surface area contributed by atoms with E-state index in [0.717, 1.165) is 0 Å². The lowest BCUT2D eigenvalue weighted by Gasteiger charge is -2.35. The number of aliphatic carboxylic acids is 2. The third kappa shape index (κ3) is 6.28. The van der Waals surface area contributed by atoms with Crippen LogP contribution in [-0.2, 0) is 9.59 Å². The number of fused-ring (bicyclic) bond motifs is 1. The van der Waals surface area contributed by atoms with Crippen molar-refractivity contribution in [2.45, 2.75) is 37.8 Å². The summed E-state index contributed by atoms with van der Waals surface area (Å²) in [5.41, 5.74) is 1.52. The third-order valence-corrected chi connectivity index (χ3v) is 6.07. The highest BCUT2D eigenvalue weighted by Gasteiger charge is 2.28. The summed E-state index contributed by atoms with van der Waals surface area (Å²) in [7, 11) is 0. The number of hydrogen-bond donors (Lipinski definition) is 4. The van der Waals surface area contributed by atoms with Gasteiger partial charge in [-0.3, -0.25) is 14.5 Å². The van der Waals surface area contributed by atoms with Crippen LogP contribution in [0, 0.1) is 5.82 Å². The van der Waals surface area contributed by atoms with E-state index in [1.165, 1.54) is 29.4 Å².